The Morgan fingerprint density at radius 1 is 1.00 bits per heavy atom. The summed E-state index contributed by atoms with van der Waals surface area (Å²) in [5.41, 5.74) is 2.90. The summed E-state index contributed by atoms with van der Waals surface area (Å²) in [7, 11) is 1.52. The summed E-state index contributed by atoms with van der Waals surface area (Å²) in [6, 6.07) is 13.5. The third-order valence-electron chi connectivity index (χ3n) is 7.73. The summed E-state index contributed by atoms with van der Waals surface area (Å²) in [6.45, 7) is 5.97. The van der Waals surface area contributed by atoms with Crippen LogP contribution in [0.1, 0.15) is 74.6 Å². The maximum absolute atomic E-state index is 15.0. The number of hydrogen-bond acceptors (Lipinski definition) is 3. The lowest BCUT2D eigenvalue weighted by molar-refractivity contribution is -0.138. The number of halogens is 4. The number of allylic oxidation sites excluding steroid dienone is 2. The van der Waals surface area contributed by atoms with Crippen molar-refractivity contribution in [2.75, 3.05) is 7.11 Å². The molecule has 41 heavy (non-hydrogen) atoms. The molecule has 0 spiro atoms. The fraction of sp³-hybridized carbons (Fsp3) is 0.364. The lowest BCUT2D eigenvalue weighted by Crippen LogP contribution is -2.11. The normalized spacial score (nSPS) is 15.4. The Bertz CT molecular complexity index is 1460. The quantitative estimate of drug-likeness (QED) is 0.247. The van der Waals surface area contributed by atoms with Crippen LogP contribution in [0.5, 0.6) is 11.5 Å². The summed E-state index contributed by atoms with van der Waals surface area (Å²) < 4.78 is 67.4. The van der Waals surface area contributed by atoms with Crippen LogP contribution in [0, 0.1) is 11.2 Å². The van der Waals surface area contributed by atoms with Crippen molar-refractivity contribution in [3.63, 3.8) is 0 Å². The second-order valence-corrected chi connectivity index (χ2v) is 11.0. The summed E-state index contributed by atoms with van der Waals surface area (Å²) >= 11 is 0. The van der Waals surface area contributed by atoms with Gasteiger partial charge in [-0.05, 0) is 101 Å². The molecule has 0 fully saturated rings. The van der Waals surface area contributed by atoms with Gasteiger partial charge in [0.1, 0.15) is 23.9 Å². The number of rotatable bonds is 10. The van der Waals surface area contributed by atoms with Crippen LogP contribution in [0.2, 0.25) is 0 Å². The third-order valence-corrected chi connectivity index (χ3v) is 7.73. The van der Waals surface area contributed by atoms with Crippen molar-refractivity contribution in [3.8, 4) is 22.6 Å². The summed E-state index contributed by atoms with van der Waals surface area (Å²) in [5, 5.41) is 9.24. The van der Waals surface area contributed by atoms with Gasteiger partial charge in [0.15, 0.2) is 0 Å². The highest BCUT2D eigenvalue weighted by molar-refractivity contribution is 5.85. The minimum atomic E-state index is -4.62. The molecular formula is C33H34F4O4. The Balaban J connectivity index is 1.72. The van der Waals surface area contributed by atoms with Crippen molar-refractivity contribution >= 4 is 11.5 Å². The molecule has 0 aliphatic heterocycles. The fourth-order valence-electron chi connectivity index (χ4n) is 5.42. The number of carbonyl (C=O) groups is 1. The molecule has 0 amide bonds. The van der Waals surface area contributed by atoms with Gasteiger partial charge in [0, 0.05) is 5.56 Å². The fourth-order valence-corrected chi connectivity index (χ4v) is 5.42. The number of methoxy groups -OCH3 is 1. The first-order chi connectivity index (χ1) is 19.3. The Morgan fingerprint density at radius 2 is 1.76 bits per heavy atom. The minimum absolute atomic E-state index is 0.00328. The summed E-state index contributed by atoms with van der Waals surface area (Å²) in [4.78, 5) is 11.3. The molecule has 0 saturated heterocycles. The van der Waals surface area contributed by atoms with E-state index >= 15 is 4.39 Å². The van der Waals surface area contributed by atoms with Gasteiger partial charge in [-0.25, -0.2) is 4.39 Å². The molecule has 1 atom stereocenters. The van der Waals surface area contributed by atoms with E-state index in [1.54, 1.807) is 31.2 Å². The second kappa shape index (κ2) is 12.0. The van der Waals surface area contributed by atoms with Crippen molar-refractivity contribution < 1.29 is 36.9 Å². The molecule has 0 heterocycles. The van der Waals surface area contributed by atoms with E-state index in [9.17, 15) is 23.1 Å². The first-order valence-corrected chi connectivity index (χ1v) is 13.6. The number of aliphatic carboxylic acids is 1. The maximum atomic E-state index is 15.0. The molecule has 3 aromatic rings. The SMILES string of the molecule is CCC(CC(=O)O)c1cc(OCc2ccc(-c3cc(OC)ccc3F)c(C3=CCCC3(C)C)c2)cc(C(F)(F)F)c1. The predicted octanol–water partition coefficient (Wildman–Crippen LogP) is 9.27. The third kappa shape index (κ3) is 6.92. The molecule has 1 aliphatic carbocycles. The molecule has 218 valence electrons. The molecule has 4 nitrogen and oxygen atoms in total. The molecule has 8 heteroatoms. The van der Waals surface area contributed by atoms with E-state index in [1.165, 1.54) is 19.2 Å². The lowest BCUT2D eigenvalue weighted by atomic mass is 9.79. The summed E-state index contributed by atoms with van der Waals surface area (Å²) in [5.74, 6) is -1.54. The van der Waals surface area contributed by atoms with Gasteiger partial charge >= 0.3 is 12.1 Å². The average molecular weight is 571 g/mol. The molecule has 0 radical (unpaired) electrons. The zero-order valence-corrected chi connectivity index (χ0v) is 23.6. The molecule has 0 saturated carbocycles. The van der Waals surface area contributed by atoms with Crippen LogP contribution in [0.4, 0.5) is 17.6 Å². The Morgan fingerprint density at radius 3 is 2.37 bits per heavy atom. The molecule has 1 N–H and O–H groups in total. The Hall–Kier alpha value is -3.81. The van der Waals surface area contributed by atoms with E-state index < -0.39 is 29.4 Å². The van der Waals surface area contributed by atoms with Crippen LogP contribution >= 0.6 is 0 Å². The number of alkyl halides is 3. The number of carboxylic acids is 1. The first-order valence-electron chi connectivity index (χ1n) is 13.6. The van der Waals surface area contributed by atoms with E-state index in [-0.39, 0.29) is 29.8 Å². The highest BCUT2D eigenvalue weighted by atomic mass is 19.4. The van der Waals surface area contributed by atoms with E-state index in [2.05, 4.69) is 19.9 Å². The highest BCUT2D eigenvalue weighted by Crippen LogP contribution is 2.47. The average Bonchev–Trinajstić information content (AvgIpc) is 3.28. The molecule has 0 aromatic heterocycles. The van der Waals surface area contributed by atoms with Crippen LogP contribution in [0.15, 0.2) is 60.7 Å². The number of carboxylic acid groups (broad SMARTS) is 1. The lowest BCUT2D eigenvalue weighted by Gasteiger charge is -2.25. The number of ether oxygens (including phenoxy) is 2. The van der Waals surface area contributed by atoms with Gasteiger partial charge < -0.3 is 14.6 Å². The van der Waals surface area contributed by atoms with Crippen molar-refractivity contribution in [2.24, 2.45) is 5.41 Å². The van der Waals surface area contributed by atoms with Crippen molar-refractivity contribution in [3.05, 3.63) is 88.7 Å². The van der Waals surface area contributed by atoms with Crippen molar-refractivity contribution in [1.82, 2.24) is 0 Å². The van der Waals surface area contributed by atoms with E-state index in [4.69, 9.17) is 9.47 Å². The predicted molar refractivity (Wildman–Crippen MR) is 150 cm³/mol. The molecule has 4 rings (SSSR count). The smallest absolute Gasteiger partial charge is 0.416 e. The molecular weight excluding hydrogens is 536 g/mol. The molecule has 1 unspecified atom stereocenters. The molecule has 0 bridgehead atoms. The zero-order valence-electron chi connectivity index (χ0n) is 23.6. The van der Waals surface area contributed by atoms with Crippen LogP contribution in [-0.2, 0) is 17.6 Å². The largest absolute Gasteiger partial charge is 0.497 e. The van der Waals surface area contributed by atoms with E-state index in [1.807, 2.05) is 6.07 Å². The summed E-state index contributed by atoms with van der Waals surface area (Å²) in [6.07, 6.45) is -0.576. The van der Waals surface area contributed by atoms with Crippen LogP contribution < -0.4 is 9.47 Å². The van der Waals surface area contributed by atoms with E-state index in [0.29, 0.717) is 28.9 Å². The second-order valence-electron chi connectivity index (χ2n) is 11.0. The van der Waals surface area contributed by atoms with Crippen molar-refractivity contribution in [2.45, 2.75) is 65.2 Å². The maximum Gasteiger partial charge on any atom is 0.416 e. The van der Waals surface area contributed by atoms with Gasteiger partial charge in [-0.15, -0.1) is 0 Å². The van der Waals surface area contributed by atoms with Crippen molar-refractivity contribution in [1.29, 1.82) is 0 Å². The van der Waals surface area contributed by atoms with Gasteiger partial charge in [-0.2, -0.15) is 13.2 Å². The first kappa shape index (κ1) is 30.2. The molecule has 3 aromatic carbocycles. The van der Waals surface area contributed by atoms with Gasteiger partial charge in [0.2, 0.25) is 0 Å². The molecule has 1 aliphatic rings. The van der Waals surface area contributed by atoms with Crippen LogP contribution in [0.3, 0.4) is 0 Å². The van der Waals surface area contributed by atoms with E-state index in [0.717, 1.165) is 36.1 Å². The number of hydrogen-bond donors (Lipinski definition) is 1. The van der Waals surface area contributed by atoms with Gasteiger partial charge in [-0.3, -0.25) is 4.79 Å². The highest BCUT2D eigenvalue weighted by Gasteiger charge is 2.33. The van der Waals surface area contributed by atoms with Crippen LogP contribution in [0.25, 0.3) is 16.7 Å². The monoisotopic (exact) mass is 570 g/mol. The Kier molecular flexibility index (Phi) is 8.80. The van der Waals surface area contributed by atoms with Gasteiger partial charge in [-0.1, -0.05) is 39.0 Å². The van der Waals surface area contributed by atoms with Gasteiger partial charge in [0.25, 0.3) is 0 Å². The Labute approximate surface area is 237 Å². The van der Waals surface area contributed by atoms with Crippen LogP contribution in [-0.4, -0.2) is 18.2 Å². The minimum Gasteiger partial charge on any atom is -0.497 e. The topological polar surface area (TPSA) is 55.8 Å². The number of benzene rings is 3. The standard InChI is InChI=1S/C33H34F4O4/c1-5-21(16-31(38)39)22-14-23(33(35,36)37)17-25(15-22)41-19-20-8-10-26(28-18-24(40-4)9-11-30(28)34)27(13-20)29-7-6-12-32(29,2)3/h7-11,13-15,17-18,21H,5-6,12,16,19H2,1-4H3,(H,38,39). The van der Waals surface area contributed by atoms with Gasteiger partial charge in [0.05, 0.1) is 19.1 Å². The zero-order chi connectivity index (χ0) is 29.9.